The van der Waals surface area contributed by atoms with E-state index in [0.717, 1.165) is 112 Å². The number of benzene rings is 4. The Kier molecular flexibility index (Phi) is 14.3. The molecule has 0 spiro atoms. The highest BCUT2D eigenvalue weighted by atomic mass is 32.2. The van der Waals surface area contributed by atoms with Gasteiger partial charge in [0.1, 0.15) is 5.75 Å². The average molecular weight is 855 g/mol. The predicted molar refractivity (Wildman–Crippen MR) is 229 cm³/mol. The molecule has 59 heavy (non-hydrogen) atoms. The molecule has 2 aromatic heterocycles. The van der Waals surface area contributed by atoms with Crippen LogP contribution in [0.25, 0.3) is 21.8 Å². The van der Waals surface area contributed by atoms with Gasteiger partial charge >= 0.3 is 12.5 Å². The molecular weight excluding hydrogens is 807 g/mol. The van der Waals surface area contributed by atoms with Crippen LogP contribution in [0, 0.1) is 0 Å². The molecule has 0 aliphatic carbocycles. The van der Waals surface area contributed by atoms with Crippen LogP contribution < -0.4 is 14.5 Å². The number of ether oxygens (including phenoxy) is 1. The number of anilines is 2. The smallest absolute Gasteiger partial charge is 0.406 e. The van der Waals surface area contributed by atoms with Crippen LogP contribution in [-0.2, 0) is 6.18 Å². The van der Waals surface area contributed by atoms with Crippen LogP contribution in [-0.4, -0.2) is 103 Å². The third-order valence-electron chi connectivity index (χ3n) is 10.6. The van der Waals surface area contributed by atoms with Crippen LogP contribution in [0.2, 0.25) is 0 Å². The molecule has 0 unspecified atom stereocenters. The molecule has 4 aromatic carbocycles. The zero-order chi connectivity index (χ0) is 41.2. The zero-order valence-corrected chi connectivity index (χ0v) is 34.2. The van der Waals surface area contributed by atoms with Gasteiger partial charge in [0.05, 0.1) is 5.56 Å². The van der Waals surface area contributed by atoms with Crippen molar-refractivity contribution in [2.24, 2.45) is 0 Å². The fourth-order valence-electron chi connectivity index (χ4n) is 7.55. The highest BCUT2D eigenvalue weighted by Gasteiger charge is 2.31. The van der Waals surface area contributed by atoms with E-state index in [4.69, 9.17) is 0 Å². The highest BCUT2D eigenvalue weighted by Crippen LogP contribution is 2.32. The summed E-state index contributed by atoms with van der Waals surface area (Å²) >= 11 is 3.28. The maximum absolute atomic E-state index is 12.6. The Morgan fingerprint density at radius 2 is 0.966 bits per heavy atom. The van der Waals surface area contributed by atoms with Crippen LogP contribution in [0.3, 0.4) is 0 Å². The first-order chi connectivity index (χ1) is 28.5. The number of aromatic amines is 2. The number of hydrogen-bond acceptors (Lipinski definition) is 7. The summed E-state index contributed by atoms with van der Waals surface area (Å²) in [6.07, 6.45) is -2.87. The van der Waals surface area contributed by atoms with Gasteiger partial charge in [-0.3, -0.25) is 9.80 Å². The average Bonchev–Trinajstić information content (AvgIpc) is 3.93. The number of nitrogens with one attached hydrogen (secondary N) is 2. The summed E-state index contributed by atoms with van der Waals surface area (Å²) < 4.78 is 78.3. The summed E-state index contributed by atoms with van der Waals surface area (Å²) in [5.41, 5.74) is 4.34. The molecule has 0 amide bonds. The molecule has 314 valence electrons. The van der Waals surface area contributed by atoms with E-state index in [2.05, 4.69) is 82.8 Å². The number of hydrogen-bond donors (Lipinski definition) is 2. The Morgan fingerprint density at radius 3 is 1.39 bits per heavy atom. The van der Waals surface area contributed by atoms with E-state index in [1.54, 1.807) is 47.8 Å². The first-order valence-corrected chi connectivity index (χ1v) is 21.8. The lowest BCUT2D eigenvalue weighted by Gasteiger charge is -2.36. The Morgan fingerprint density at radius 1 is 0.525 bits per heavy atom. The molecule has 15 heteroatoms. The van der Waals surface area contributed by atoms with Gasteiger partial charge in [0.15, 0.2) is 0 Å². The van der Waals surface area contributed by atoms with Crippen molar-refractivity contribution in [2.45, 2.75) is 35.2 Å². The van der Waals surface area contributed by atoms with Crippen molar-refractivity contribution in [3.05, 3.63) is 115 Å². The molecule has 8 rings (SSSR count). The normalized spacial score (nSPS) is 15.8. The number of aromatic nitrogens is 2. The van der Waals surface area contributed by atoms with Crippen molar-refractivity contribution in [3.8, 4) is 5.75 Å². The fourth-order valence-corrected chi connectivity index (χ4v) is 9.22. The van der Waals surface area contributed by atoms with E-state index in [0.29, 0.717) is 0 Å². The van der Waals surface area contributed by atoms with Gasteiger partial charge in [-0.2, -0.15) is 13.2 Å². The lowest BCUT2D eigenvalue weighted by atomic mass is 10.1. The summed E-state index contributed by atoms with van der Waals surface area (Å²) in [7, 11) is 0. The number of rotatable bonds is 13. The van der Waals surface area contributed by atoms with Gasteiger partial charge in [-0.25, -0.2) is 0 Å². The van der Waals surface area contributed by atoms with E-state index in [1.165, 1.54) is 45.3 Å². The van der Waals surface area contributed by atoms with Crippen molar-refractivity contribution in [1.82, 2.24) is 19.8 Å². The van der Waals surface area contributed by atoms with Crippen LogP contribution >= 0.6 is 23.5 Å². The minimum Gasteiger partial charge on any atom is -0.406 e. The Hall–Kier alpha value is -4.44. The van der Waals surface area contributed by atoms with Crippen molar-refractivity contribution >= 4 is 56.7 Å². The number of nitrogens with zero attached hydrogens (tertiary/aromatic N) is 4. The molecule has 7 nitrogen and oxygen atoms in total. The predicted octanol–water partition coefficient (Wildman–Crippen LogP) is 10.9. The van der Waals surface area contributed by atoms with E-state index >= 15 is 0 Å². The molecule has 2 saturated heterocycles. The number of alkyl halides is 6. The van der Waals surface area contributed by atoms with Gasteiger partial charge in [-0.15, -0.1) is 36.7 Å². The molecule has 0 bridgehead atoms. The number of piperazine rings is 2. The standard InChI is InChI=1S/C22H24F3N3OS.C22H24F3N3S/c23-22(24,25)29-17-5-7-18(8-6-17)30-16-2-11-27-12-14-28(15-13-27)21-4-1-3-20-19(21)9-10-26-20;23-22(24,25)17-5-7-18(8-6-17)29-16-2-11-27-12-14-28(15-13-27)21-4-1-3-20-19(21)9-10-26-20/h1,3-10,26H,2,11-16H2;1,3-10,26H,2,11-16H2. The summed E-state index contributed by atoms with van der Waals surface area (Å²) in [5, 5.41) is 2.54. The first kappa shape index (κ1) is 42.7. The van der Waals surface area contributed by atoms with Crippen LogP contribution in [0.15, 0.2) is 119 Å². The zero-order valence-electron chi connectivity index (χ0n) is 32.6. The number of H-pyrrole nitrogens is 2. The van der Waals surface area contributed by atoms with Gasteiger partial charge in [0.2, 0.25) is 0 Å². The summed E-state index contributed by atoms with van der Waals surface area (Å²) in [5.74, 6) is 1.66. The van der Waals surface area contributed by atoms with Gasteiger partial charge in [-0.1, -0.05) is 12.1 Å². The molecule has 6 aromatic rings. The largest absolute Gasteiger partial charge is 0.573 e. The minimum atomic E-state index is -4.65. The summed E-state index contributed by atoms with van der Waals surface area (Å²) in [6, 6.07) is 28.6. The molecule has 2 N–H and O–H groups in total. The lowest BCUT2D eigenvalue weighted by molar-refractivity contribution is -0.274. The first-order valence-electron chi connectivity index (χ1n) is 19.8. The molecule has 0 saturated carbocycles. The van der Waals surface area contributed by atoms with Crippen LogP contribution in [0.4, 0.5) is 37.7 Å². The SMILES string of the molecule is FC(F)(F)Oc1ccc(SCCCN2CCN(c3cccc4[nH]ccc34)CC2)cc1.FC(F)(F)c1ccc(SCCCN2CCN(c3cccc4[nH]ccc34)CC2)cc1. The van der Waals surface area contributed by atoms with Crippen molar-refractivity contribution in [1.29, 1.82) is 0 Å². The summed E-state index contributed by atoms with van der Waals surface area (Å²) in [4.78, 5) is 18.2. The van der Waals surface area contributed by atoms with Gasteiger partial charge < -0.3 is 24.5 Å². The van der Waals surface area contributed by atoms with Gasteiger partial charge in [0, 0.05) is 108 Å². The van der Waals surface area contributed by atoms with E-state index in [-0.39, 0.29) is 5.75 Å². The highest BCUT2D eigenvalue weighted by molar-refractivity contribution is 7.99. The summed E-state index contributed by atoms with van der Waals surface area (Å²) in [6.45, 7) is 10.2. The molecule has 0 radical (unpaired) electrons. The monoisotopic (exact) mass is 854 g/mol. The third kappa shape index (κ3) is 12.1. The Labute approximate surface area is 349 Å². The molecule has 4 heterocycles. The minimum absolute atomic E-state index is 0.181. The number of fused-ring (bicyclic) bond motifs is 2. The van der Waals surface area contributed by atoms with Crippen molar-refractivity contribution in [2.75, 3.05) is 86.8 Å². The molecular formula is C44H48F6N6OS2. The maximum Gasteiger partial charge on any atom is 0.573 e. The molecule has 0 atom stereocenters. The van der Waals surface area contributed by atoms with E-state index in [9.17, 15) is 26.3 Å². The molecule has 2 fully saturated rings. The van der Waals surface area contributed by atoms with E-state index in [1.807, 2.05) is 12.4 Å². The Bertz CT molecular complexity index is 2190. The fraction of sp³-hybridized carbons (Fsp3) is 0.364. The van der Waals surface area contributed by atoms with Gasteiger partial charge in [0.25, 0.3) is 0 Å². The number of thioether (sulfide) groups is 2. The second-order valence-electron chi connectivity index (χ2n) is 14.5. The second kappa shape index (κ2) is 19.7. The van der Waals surface area contributed by atoms with Crippen molar-refractivity contribution in [3.63, 3.8) is 0 Å². The van der Waals surface area contributed by atoms with E-state index < -0.39 is 18.1 Å². The Balaban J connectivity index is 0.000000179. The molecule has 2 aliphatic heterocycles. The second-order valence-corrected chi connectivity index (χ2v) is 16.9. The topological polar surface area (TPSA) is 53.8 Å². The van der Waals surface area contributed by atoms with Gasteiger partial charge in [-0.05, 0) is 122 Å². The van der Waals surface area contributed by atoms with Crippen molar-refractivity contribution < 1.29 is 31.1 Å². The van der Waals surface area contributed by atoms with Crippen LogP contribution in [0.5, 0.6) is 5.75 Å². The maximum atomic E-state index is 12.6. The lowest BCUT2D eigenvalue weighted by Crippen LogP contribution is -2.46. The van der Waals surface area contributed by atoms with Crippen LogP contribution in [0.1, 0.15) is 18.4 Å². The molecule has 2 aliphatic rings. The third-order valence-corrected chi connectivity index (χ3v) is 12.8. The quantitative estimate of drug-likeness (QED) is 0.0682. The number of halogens is 6.